The number of rotatable bonds is 4. The Morgan fingerprint density at radius 1 is 1.21 bits per heavy atom. The van der Waals surface area contributed by atoms with Crippen molar-refractivity contribution in [1.82, 2.24) is 9.97 Å². The van der Waals surface area contributed by atoms with Crippen molar-refractivity contribution in [3.8, 4) is 0 Å². The Labute approximate surface area is 110 Å². The highest BCUT2D eigenvalue weighted by molar-refractivity contribution is 7.92. The molecule has 1 heterocycles. The normalized spacial score (nSPS) is 11.1. The Hall–Kier alpha value is -2.19. The van der Waals surface area contributed by atoms with Crippen LogP contribution in [0.5, 0.6) is 0 Å². The fourth-order valence-corrected chi connectivity index (χ4v) is 2.39. The van der Waals surface area contributed by atoms with Gasteiger partial charge < -0.3 is 0 Å². The maximum absolute atomic E-state index is 12.1. The molecule has 2 rings (SSSR count). The number of nitrogens with one attached hydrogen (secondary N) is 2. The van der Waals surface area contributed by atoms with Crippen LogP contribution >= 0.6 is 0 Å². The van der Waals surface area contributed by atoms with E-state index in [1.54, 1.807) is 18.2 Å². The van der Waals surface area contributed by atoms with Gasteiger partial charge in [0.1, 0.15) is 4.90 Å². The molecule has 8 heteroatoms. The van der Waals surface area contributed by atoms with E-state index in [1.807, 2.05) is 13.0 Å². The number of anilines is 2. The van der Waals surface area contributed by atoms with Gasteiger partial charge in [-0.1, -0.05) is 12.1 Å². The van der Waals surface area contributed by atoms with Gasteiger partial charge in [-0.2, -0.15) is 0 Å². The zero-order chi connectivity index (χ0) is 13.9. The van der Waals surface area contributed by atoms with Crippen LogP contribution in [0.25, 0.3) is 0 Å². The van der Waals surface area contributed by atoms with Gasteiger partial charge in [0.15, 0.2) is 0 Å². The summed E-state index contributed by atoms with van der Waals surface area (Å²) < 4.78 is 26.6. The molecule has 7 nitrogen and oxygen atoms in total. The van der Waals surface area contributed by atoms with Crippen molar-refractivity contribution in [3.63, 3.8) is 0 Å². The summed E-state index contributed by atoms with van der Waals surface area (Å²) in [7, 11) is -3.70. The van der Waals surface area contributed by atoms with E-state index >= 15 is 0 Å². The number of nitrogens with two attached hydrogens (primary N) is 1. The first-order valence-electron chi connectivity index (χ1n) is 5.39. The molecule has 0 amide bonds. The van der Waals surface area contributed by atoms with E-state index in [0.29, 0.717) is 5.69 Å². The van der Waals surface area contributed by atoms with Gasteiger partial charge in [-0.15, -0.1) is 0 Å². The second-order valence-corrected chi connectivity index (χ2v) is 5.54. The molecule has 0 spiro atoms. The van der Waals surface area contributed by atoms with Gasteiger partial charge >= 0.3 is 0 Å². The van der Waals surface area contributed by atoms with Gasteiger partial charge in [-0.05, 0) is 24.6 Å². The van der Waals surface area contributed by atoms with Crippen LogP contribution < -0.4 is 16.0 Å². The molecule has 4 N–H and O–H groups in total. The van der Waals surface area contributed by atoms with Crippen molar-refractivity contribution in [3.05, 3.63) is 42.2 Å². The zero-order valence-corrected chi connectivity index (χ0v) is 11.0. The van der Waals surface area contributed by atoms with Gasteiger partial charge in [-0.3, -0.25) is 10.1 Å². The van der Waals surface area contributed by atoms with Crippen LogP contribution in [-0.2, 0) is 10.0 Å². The lowest BCUT2D eigenvalue weighted by Gasteiger charge is -2.08. The summed E-state index contributed by atoms with van der Waals surface area (Å²) in [6.45, 7) is 1.88. The second kappa shape index (κ2) is 5.21. The molecule has 1 aromatic carbocycles. The lowest BCUT2D eigenvalue weighted by molar-refractivity contribution is 0.600. The second-order valence-electron chi connectivity index (χ2n) is 3.86. The number of nitrogen functional groups attached to an aromatic ring is 1. The minimum atomic E-state index is -3.70. The monoisotopic (exact) mass is 279 g/mol. The third kappa shape index (κ3) is 3.18. The Balaban J connectivity index is 2.27. The summed E-state index contributed by atoms with van der Waals surface area (Å²) in [6.07, 6.45) is 2.36. The van der Waals surface area contributed by atoms with Crippen LogP contribution in [0, 0.1) is 6.92 Å². The maximum atomic E-state index is 12.1. The Bertz CT molecular complexity index is 670. The van der Waals surface area contributed by atoms with E-state index in [1.165, 1.54) is 12.4 Å². The van der Waals surface area contributed by atoms with Gasteiger partial charge in [0.25, 0.3) is 10.0 Å². The largest absolute Gasteiger partial charge is 0.292 e. The van der Waals surface area contributed by atoms with E-state index in [0.717, 1.165) is 5.56 Å². The summed E-state index contributed by atoms with van der Waals surface area (Å²) in [5.74, 6) is 5.26. The quantitative estimate of drug-likeness (QED) is 0.566. The molecule has 100 valence electrons. The average Bonchev–Trinajstić information content (AvgIpc) is 2.38. The minimum Gasteiger partial charge on any atom is -0.292 e. The third-order valence-electron chi connectivity index (χ3n) is 2.34. The van der Waals surface area contributed by atoms with Crippen LogP contribution in [0.15, 0.2) is 41.6 Å². The molecule has 0 aliphatic rings. The molecule has 0 radical (unpaired) electrons. The fourth-order valence-electron chi connectivity index (χ4n) is 1.45. The van der Waals surface area contributed by atoms with Crippen LogP contribution in [0.4, 0.5) is 11.6 Å². The molecule has 0 bridgehead atoms. The van der Waals surface area contributed by atoms with Gasteiger partial charge in [0.05, 0.1) is 12.4 Å². The van der Waals surface area contributed by atoms with Crippen LogP contribution in [0.2, 0.25) is 0 Å². The molecule has 19 heavy (non-hydrogen) atoms. The molecule has 0 unspecified atom stereocenters. The standard InChI is InChI=1S/C11H13N5O2S/c1-8-3-2-4-9(5-8)16-19(17,18)10-6-13-11(15-12)14-7-10/h2-7,16H,12H2,1H3,(H,13,14,15). The van der Waals surface area contributed by atoms with Crippen molar-refractivity contribution in [2.24, 2.45) is 5.84 Å². The number of hydrogen-bond donors (Lipinski definition) is 3. The third-order valence-corrected chi connectivity index (χ3v) is 3.67. The van der Waals surface area contributed by atoms with Crippen LogP contribution in [0.1, 0.15) is 5.56 Å². The predicted octanol–water partition coefficient (Wildman–Crippen LogP) is 0.871. The van der Waals surface area contributed by atoms with Crippen molar-refractivity contribution in [2.45, 2.75) is 11.8 Å². The molecular weight excluding hydrogens is 266 g/mol. The summed E-state index contributed by atoms with van der Waals surface area (Å²) in [5, 5.41) is 0. The van der Waals surface area contributed by atoms with Gasteiger partial charge in [0, 0.05) is 5.69 Å². The van der Waals surface area contributed by atoms with Crippen molar-refractivity contribution < 1.29 is 8.42 Å². The Kier molecular flexibility index (Phi) is 3.63. The summed E-state index contributed by atoms with van der Waals surface area (Å²) in [6, 6.07) is 7.04. The van der Waals surface area contributed by atoms with Crippen molar-refractivity contribution in [1.29, 1.82) is 0 Å². The first kappa shape index (κ1) is 13.2. The number of aromatic nitrogens is 2. The summed E-state index contributed by atoms with van der Waals surface area (Å²) >= 11 is 0. The molecule has 0 fully saturated rings. The number of benzene rings is 1. The minimum absolute atomic E-state index is 0.0343. The van der Waals surface area contributed by atoms with Gasteiger partial charge in [0.2, 0.25) is 5.95 Å². The van der Waals surface area contributed by atoms with E-state index in [-0.39, 0.29) is 10.8 Å². The number of sulfonamides is 1. The average molecular weight is 279 g/mol. The first-order chi connectivity index (χ1) is 9.01. The molecule has 1 aromatic heterocycles. The lowest BCUT2D eigenvalue weighted by Crippen LogP contribution is -2.15. The van der Waals surface area contributed by atoms with Crippen LogP contribution in [0.3, 0.4) is 0 Å². The lowest BCUT2D eigenvalue weighted by atomic mass is 10.2. The fraction of sp³-hybridized carbons (Fsp3) is 0.0909. The Morgan fingerprint density at radius 3 is 2.47 bits per heavy atom. The summed E-state index contributed by atoms with van der Waals surface area (Å²) in [4.78, 5) is 7.48. The molecular formula is C11H13N5O2S. The van der Waals surface area contributed by atoms with E-state index in [2.05, 4.69) is 20.1 Å². The number of hydrogen-bond acceptors (Lipinski definition) is 6. The molecule has 0 aliphatic carbocycles. The molecule has 2 aromatic rings. The number of aryl methyl sites for hydroxylation is 1. The highest BCUT2D eigenvalue weighted by atomic mass is 32.2. The molecule has 0 atom stereocenters. The van der Waals surface area contributed by atoms with Crippen LogP contribution in [-0.4, -0.2) is 18.4 Å². The molecule has 0 saturated heterocycles. The SMILES string of the molecule is Cc1cccc(NS(=O)(=O)c2cnc(NN)nc2)c1. The first-order valence-corrected chi connectivity index (χ1v) is 6.88. The highest BCUT2D eigenvalue weighted by Crippen LogP contribution is 2.16. The summed E-state index contributed by atoms with van der Waals surface area (Å²) in [5.41, 5.74) is 3.67. The zero-order valence-electron chi connectivity index (χ0n) is 10.2. The Morgan fingerprint density at radius 2 is 1.89 bits per heavy atom. The van der Waals surface area contributed by atoms with E-state index in [9.17, 15) is 8.42 Å². The highest BCUT2D eigenvalue weighted by Gasteiger charge is 2.15. The topological polar surface area (TPSA) is 110 Å². The predicted molar refractivity (Wildman–Crippen MR) is 71.8 cm³/mol. The smallest absolute Gasteiger partial charge is 0.264 e. The van der Waals surface area contributed by atoms with Gasteiger partial charge in [-0.25, -0.2) is 24.2 Å². The molecule has 0 aliphatic heterocycles. The van der Waals surface area contributed by atoms with Crippen molar-refractivity contribution in [2.75, 3.05) is 10.1 Å². The van der Waals surface area contributed by atoms with Crippen molar-refractivity contribution >= 4 is 21.7 Å². The number of nitrogens with zero attached hydrogens (tertiary/aromatic N) is 2. The maximum Gasteiger partial charge on any atom is 0.264 e. The van der Waals surface area contributed by atoms with E-state index in [4.69, 9.17) is 5.84 Å². The number of hydrazine groups is 1. The van der Waals surface area contributed by atoms with E-state index < -0.39 is 10.0 Å². The molecule has 0 saturated carbocycles.